The fraction of sp³-hybridized carbons (Fsp3) is 0.559. The molecule has 0 aromatic heterocycles. The number of hydrogen-bond donors (Lipinski definition) is 5. The highest BCUT2D eigenvalue weighted by atomic mass is 16.3. The number of aliphatic hydroxyl groups is 1. The number of para-hydroxylation sites is 1. The van der Waals surface area contributed by atoms with Crippen molar-refractivity contribution in [2.24, 2.45) is 5.41 Å². The zero-order valence-corrected chi connectivity index (χ0v) is 26.7. The second-order valence-corrected chi connectivity index (χ2v) is 13.8. The first-order valence-corrected chi connectivity index (χ1v) is 15.9. The summed E-state index contributed by atoms with van der Waals surface area (Å²) < 4.78 is 0. The summed E-state index contributed by atoms with van der Waals surface area (Å²) in [6.07, 6.45) is 5.45. The predicted molar refractivity (Wildman–Crippen MR) is 170 cm³/mol. The van der Waals surface area contributed by atoms with Gasteiger partial charge in [-0.25, -0.2) is 10.4 Å². The number of aliphatic hydroxyl groups excluding tert-OH is 1. The number of nitrogens with zero attached hydrogens (tertiary/aromatic N) is 2. The van der Waals surface area contributed by atoms with Crippen molar-refractivity contribution in [3.63, 3.8) is 0 Å². The van der Waals surface area contributed by atoms with E-state index in [9.17, 15) is 19.5 Å². The number of aryl methyl sites for hydroxylation is 1. The minimum absolute atomic E-state index is 0.124. The van der Waals surface area contributed by atoms with Crippen LogP contribution in [0.5, 0.6) is 0 Å². The van der Waals surface area contributed by atoms with Crippen molar-refractivity contribution in [3.8, 4) is 0 Å². The molecular weight excluding hydrogens is 556 g/mol. The molecule has 3 fully saturated rings. The van der Waals surface area contributed by atoms with E-state index in [1.54, 1.807) is 11.9 Å². The Balaban J connectivity index is 1.52. The largest absolute Gasteiger partial charge is 0.391 e. The van der Waals surface area contributed by atoms with Crippen LogP contribution in [0.25, 0.3) is 0 Å². The fourth-order valence-electron chi connectivity index (χ4n) is 7.39. The van der Waals surface area contributed by atoms with Crippen molar-refractivity contribution in [2.75, 3.05) is 18.9 Å². The lowest BCUT2D eigenvalue weighted by Crippen LogP contribution is -2.65. The van der Waals surface area contributed by atoms with Crippen LogP contribution in [0.4, 0.5) is 5.69 Å². The third-order valence-electron chi connectivity index (χ3n) is 9.61. The van der Waals surface area contributed by atoms with Crippen LogP contribution in [0.15, 0.2) is 48.5 Å². The van der Waals surface area contributed by atoms with Gasteiger partial charge >= 0.3 is 0 Å². The molecule has 2 heterocycles. The molecular formula is C34H48N6O4. The van der Waals surface area contributed by atoms with Gasteiger partial charge in [0.25, 0.3) is 5.91 Å². The standard InChI is InChI=1S/C34H48N6O4/c1-22-15-16-23(19-26(22)30(42)36-24-13-9-8-10-14-24)28-34(17-11-6-7-12-18-34)40(38-37-28)29(33(2,3)4)32(44)39-21-25(41)20-27(39)31(43)35-5/h8-10,13-16,19,25,27-29,37-38,41H,6-7,11-12,17-18,20-21H2,1-5H3,(H,35,43)(H,36,42)/t25-,27+,28?,29-/m1/s1. The number of benzene rings is 2. The van der Waals surface area contributed by atoms with E-state index < -0.39 is 29.1 Å². The highest BCUT2D eigenvalue weighted by molar-refractivity contribution is 6.05. The number of carbonyl (C=O) groups is 3. The van der Waals surface area contributed by atoms with Crippen LogP contribution in [0, 0.1) is 12.3 Å². The first-order valence-electron chi connectivity index (χ1n) is 15.9. The van der Waals surface area contributed by atoms with Gasteiger partial charge < -0.3 is 20.6 Å². The summed E-state index contributed by atoms with van der Waals surface area (Å²) in [7, 11) is 1.56. The number of amides is 3. The quantitative estimate of drug-likeness (QED) is 0.339. The van der Waals surface area contributed by atoms with Gasteiger partial charge in [-0.2, -0.15) is 5.53 Å². The predicted octanol–water partition coefficient (Wildman–Crippen LogP) is 3.83. The molecule has 10 heteroatoms. The smallest absolute Gasteiger partial charge is 0.255 e. The monoisotopic (exact) mass is 604 g/mol. The van der Waals surface area contributed by atoms with Crippen LogP contribution in [0.1, 0.15) is 93.2 Å². The Kier molecular flexibility index (Phi) is 9.46. The molecule has 0 radical (unpaired) electrons. The number of hydrogen-bond acceptors (Lipinski definition) is 7. The van der Waals surface area contributed by atoms with Gasteiger partial charge in [-0.05, 0) is 54.5 Å². The number of carbonyl (C=O) groups excluding carboxylic acids is 3. The maximum absolute atomic E-state index is 14.5. The van der Waals surface area contributed by atoms with Gasteiger partial charge in [-0.15, -0.1) is 0 Å². The maximum atomic E-state index is 14.5. The van der Waals surface area contributed by atoms with Gasteiger partial charge in [-0.1, -0.05) is 76.8 Å². The molecule has 1 spiro atoms. The SMILES string of the molecule is CNC(=O)[C@@H]1C[C@@H](O)CN1C(=O)[C@@H](N1NNC(c2ccc(C)c(C(=O)Nc3ccccc3)c2)C12CCCCCC2)C(C)(C)C. The third-order valence-corrected chi connectivity index (χ3v) is 9.61. The number of likely N-dealkylation sites (N-methyl/N-ethyl adjacent to an activating group) is 1. The van der Waals surface area contributed by atoms with Gasteiger partial charge in [0, 0.05) is 31.3 Å². The van der Waals surface area contributed by atoms with Gasteiger partial charge in [0.2, 0.25) is 11.8 Å². The third kappa shape index (κ3) is 6.26. The number of hydrazine groups is 2. The summed E-state index contributed by atoms with van der Waals surface area (Å²) in [6, 6.07) is 14.0. The number of anilines is 1. The Bertz CT molecular complexity index is 1350. The number of rotatable bonds is 6. The van der Waals surface area contributed by atoms with Gasteiger partial charge in [-0.3, -0.25) is 14.4 Å². The van der Waals surface area contributed by atoms with E-state index in [0.717, 1.165) is 55.3 Å². The van der Waals surface area contributed by atoms with Crippen molar-refractivity contribution in [3.05, 3.63) is 65.2 Å². The minimum atomic E-state index is -0.751. The van der Waals surface area contributed by atoms with E-state index in [1.807, 2.05) is 70.2 Å². The van der Waals surface area contributed by atoms with Crippen molar-refractivity contribution in [2.45, 2.75) is 102 Å². The summed E-state index contributed by atoms with van der Waals surface area (Å²) in [5.74, 6) is -0.602. The fourth-order valence-corrected chi connectivity index (χ4v) is 7.39. The molecule has 10 nitrogen and oxygen atoms in total. The Morgan fingerprint density at radius 2 is 1.70 bits per heavy atom. The van der Waals surface area contributed by atoms with E-state index in [2.05, 4.69) is 32.7 Å². The zero-order chi connectivity index (χ0) is 31.6. The van der Waals surface area contributed by atoms with Crippen LogP contribution < -0.4 is 21.6 Å². The average Bonchev–Trinajstić information content (AvgIpc) is 3.44. The lowest BCUT2D eigenvalue weighted by atomic mass is 9.75. The van der Waals surface area contributed by atoms with Crippen molar-refractivity contribution >= 4 is 23.4 Å². The summed E-state index contributed by atoms with van der Waals surface area (Å²) >= 11 is 0. The van der Waals surface area contributed by atoms with E-state index in [4.69, 9.17) is 0 Å². The summed E-state index contributed by atoms with van der Waals surface area (Å²) in [5.41, 5.74) is 9.23. The van der Waals surface area contributed by atoms with Gasteiger partial charge in [0.05, 0.1) is 17.7 Å². The van der Waals surface area contributed by atoms with Crippen molar-refractivity contribution in [1.82, 2.24) is 26.2 Å². The topological polar surface area (TPSA) is 126 Å². The molecule has 5 N–H and O–H groups in total. The normalized spacial score (nSPS) is 24.6. The molecule has 2 aromatic rings. The molecule has 5 rings (SSSR count). The molecule has 4 atom stereocenters. The first kappa shape index (κ1) is 32.1. The van der Waals surface area contributed by atoms with Crippen molar-refractivity contribution < 1.29 is 19.5 Å². The molecule has 3 aliphatic rings. The van der Waals surface area contributed by atoms with Crippen LogP contribution in [-0.4, -0.2) is 70.1 Å². The Morgan fingerprint density at radius 3 is 2.34 bits per heavy atom. The minimum Gasteiger partial charge on any atom is -0.391 e. The highest BCUT2D eigenvalue weighted by Crippen LogP contribution is 2.47. The van der Waals surface area contributed by atoms with E-state index in [0.29, 0.717) is 5.56 Å². The van der Waals surface area contributed by atoms with E-state index in [1.165, 1.54) is 0 Å². The Hall–Kier alpha value is -3.31. The van der Waals surface area contributed by atoms with Crippen LogP contribution in [0.2, 0.25) is 0 Å². The average molecular weight is 605 g/mol. The molecule has 238 valence electrons. The molecule has 2 aliphatic heterocycles. The molecule has 2 aromatic carbocycles. The van der Waals surface area contributed by atoms with Crippen LogP contribution in [0.3, 0.4) is 0 Å². The Labute approximate surface area is 260 Å². The second kappa shape index (κ2) is 13.0. The molecule has 0 bridgehead atoms. The van der Waals surface area contributed by atoms with Gasteiger partial charge in [0.1, 0.15) is 12.1 Å². The molecule has 44 heavy (non-hydrogen) atoms. The maximum Gasteiger partial charge on any atom is 0.255 e. The lowest BCUT2D eigenvalue weighted by Gasteiger charge is -2.48. The molecule has 1 aliphatic carbocycles. The summed E-state index contributed by atoms with van der Waals surface area (Å²) in [4.78, 5) is 42.3. The Morgan fingerprint density at radius 1 is 1.02 bits per heavy atom. The summed E-state index contributed by atoms with van der Waals surface area (Å²) in [5, 5.41) is 18.3. The zero-order valence-electron chi connectivity index (χ0n) is 26.7. The number of likely N-dealkylation sites (tertiary alicyclic amines) is 1. The van der Waals surface area contributed by atoms with Crippen LogP contribution >= 0.6 is 0 Å². The molecule has 3 amide bonds. The summed E-state index contributed by atoms with van der Waals surface area (Å²) in [6.45, 7) is 8.22. The van der Waals surface area contributed by atoms with Crippen molar-refractivity contribution in [1.29, 1.82) is 0 Å². The molecule has 1 saturated carbocycles. The molecule has 1 unspecified atom stereocenters. The highest BCUT2D eigenvalue weighted by Gasteiger charge is 2.57. The first-order chi connectivity index (χ1) is 21.0. The number of β-amino-alcohol motifs (C(OH)–C–C–N with tert-alkyl or cyclic N) is 1. The lowest BCUT2D eigenvalue weighted by molar-refractivity contribution is -0.151. The van der Waals surface area contributed by atoms with Gasteiger partial charge in [0.15, 0.2) is 0 Å². The van der Waals surface area contributed by atoms with E-state index in [-0.39, 0.29) is 36.7 Å². The number of nitrogens with one attached hydrogen (secondary N) is 4. The van der Waals surface area contributed by atoms with Crippen LogP contribution in [-0.2, 0) is 9.59 Å². The molecule has 2 saturated heterocycles. The van der Waals surface area contributed by atoms with E-state index >= 15 is 0 Å². The second-order valence-electron chi connectivity index (χ2n) is 13.8.